The van der Waals surface area contributed by atoms with Gasteiger partial charge >= 0.3 is 0 Å². The van der Waals surface area contributed by atoms with E-state index >= 15 is 0 Å². The van der Waals surface area contributed by atoms with Crippen LogP contribution in [0, 0.1) is 0 Å². The monoisotopic (exact) mass is 542 g/mol. The van der Waals surface area contributed by atoms with Crippen molar-refractivity contribution in [2.24, 2.45) is 0 Å². The van der Waals surface area contributed by atoms with E-state index < -0.39 is 6.04 Å². The number of hydrogen-bond donors (Lipinski definition) is 1. The molecule has 174 valence electrons. The van der Waals surface area contributed by atoms with Gasteiger partial charge in [0.2, 0.25) is 5.91 Å². The lowest BCUT2D eigenvalue weighted by molar-refractivity contribution is -0.142. The van der Waals surface area contributed by atoms with E-state index in [2.05, 4.69) is 28.2 Å². The third-order valence-corrected chi connectivity index (χ3v) is 6.49. The van der Waals surface area contributed by atoms with Gasteiger partial charge in [0.1, 0.15) is 11.8 Å². The second-order valence-electron chi connectivity index (χ2n) is 7.66. The van der Waals surface area contributed by atoms with Crippen molar-refractivity contribution < 1.29 is 14.3 Å². The molecule has 5 nitrogen and oxygen atoms in total. The number of carbonyl (C=O) groups excluding carboxylic acids is 2. The van der Waals surface area contributed by atoms with Crippen molar-refractivity contribution in [2.45, 2.75) is 59.2 Å². The van der Waals surface area contributed by atoms with Gasteiger partial charge in [-0.1, -0.05) is 49.2 Å². The fraction of sp³-hybridized carbons (Fsp3) is 0.417. The Labute approximate surface area is 208 Å². The number of ether oxygens (including phenoxy) is 1. The maximum atomic E-state index is 13.2. The summed E-state index contributed by atoms with van der Waals surface area (Å²) in [4.78, 5) is 27.4. The summed E-state index contributed by atoms with van der Waals surface area (Å²) in [5, 5.41) is 3.87. The van der Waals surface area contributed by atoms with Gasteiger partial charge < -0.3 is 15.0 Å². The van der Waals surface area contributed by atoms with Gasteiger partial charge in [-0.3, -0.25) is 9.59 Å². The Morgan fingerprint density at radius 2 is 1.84 bits per heavy atom. The highest BCUT2D eigenvalue weighted by atomic mass is 79.9. The van der Waals surface area contributed by atoms with E-state index in [9.17, 15) is 9.59 Å². The quantitative estimate of drug-likeness (QED) is 0.398. The van der Waals surface area contributed by atoms with Crippen molar-refractivity contribution in [2.75, 3.05) is 6.61 Å². The van der Waals surface area contributed by atoms with Crippen molar-refractivity contribution in [1.82, 2.24) is 10.2 Å². The molecule has 1 N–H and O–H groups in total. The Morgan fingerprint density at radius 1 is 1.12 bits per heavy atom. The number of amides is 2. The largest absolute Gasteiger partial charge is 0.483 e. The lowest BCUT2D eigenvalue weighted by Gasteiger charge is -2.30. The van der Waals surface area contributed by atoms with Crippen LogP contribution >= 0.6 is 39.1 Å². The zero-order chi connectivity index (χ0) is 23.8. The molecule has 0 unspecified atom stereocenters. The minimum absolute atomic E-state index is 0.00491. The first-order valence-electron chi connectivity index (χ1n) is 10.6. The van der Waals surface area contributed by atoms with Gasteiger partial charge in [-0.15, -0.1) is 0 Å². The summed E-state index contributed by atoms with van der Waals surface area (Å²) in [6.45, 7) is 7.62. The van der Waals surface area contributed by atoms with E-state index in [1.165, 1.54) is 4.90 Å². The van der Waals surface area contributed by atoms with Gasteiger partial charge in [0.25, 0.3) is 5.91 Å². The maximum Gasteiger partial charge on any atom is 0.261 e. The predicted molar refractivity (Wildman–Crippen MR) is 133 cm³/mol. The average molecular weight is 544 g/mol. The fourth-order valence-corrected chi connectivity index (χ4v) is 3.99. The number of benzene rings is 2. The van der Waals surface area contributed by atoms with Gasteiger partial charge in [-0.05, 0) is 78.0 Å². The van der Waals surface area contributed by atoms with Crippen molar-refractivity contribution in [3.63, 3.8) is 0 Å². The summed E-state index contributed by atoms with van der Waals surface area (Å²) < 4.78 is 6.55. The lowest BCUT2D eigenvalue weighted by Crippen LogP contribution is -2.50. The van der Waals surface area contributed by atoms with Crippen LogP contribution in [0.1, 0.15) is 45.2 Å². The van der Waals surface area contributed by atoms with E-state index in [4.69, 9.17) is 27.9 Å². The first kappa shape index (κ1) is 26.5. The van der Waals surface area contributed by atoms with Crippen LogP contribution in [0.2, 0.25) is 10.0 Å². The molecule has 0 aromatic heterocycles. The third kappa shape index (κ3) is 7.39. The molecule has 0 fully saturated rings. The normalized spacial score (nSPS) is 12.7. The highest BCUT2D eigenvalue weighted by Crippen LogP contribution is 2.27. The molecule has 0 saturated carbocycles. The molecule has 0 aliphatic heterocycles. The Balaban J connectivity index is 2.21. The molecule has 0 radical (unpaired) electrons. The van der Waals surface area contributed by atoms with Crippen LogP contribution in [0.3, 0.4) is 0 Å². The molecule has 2 aromatic carbocycles. The summed E-state index contributed by atoms with van der Waals surface area (Å²) in [6.07, 6.45) is 1.69. The predicted octanol–water partition coefficient (Wildman–Crippen LogP) is 6.03. The zero-order valence-electron chi connectivity index (χ0n) is 18.8. The molecule has 0 heterocycles. The second kappa shape index (κ2) is 12.5. The number of rotatable bonds is 10. The van der Waals surface area contributed by atoms with E-state index in [-0.39, 0.29) is 31.0 Å². The molecule has 32 heavy (non-hydrogen) atoms. The van der Waals surface area contributed by atoms with Crippen LogP contribution in [0.25, 0.3) is 0 Å². The molecule has 2 atom stereocenters. The van der Waals surface area contributed by atoms with Gasteiger partial charge in [-0.25, -0.2) is 0 Å². The number of carbonyl (C=O) groups is 2. The first-order chi connectivity index (χ1) is 15.2. The van der Waals surface area contributed by atoms with Crippen LogP contribution in [-0.4, -0.2) is 35.4 Å². The van der Waals surface area contributed by atoms with Crippen LogP contribution in [0.15, 0.2) is 40.9 Å². The molecule has 2 aromatic rings. The van der Waals surface area contributed by atoms with Crippen molar-refractivity contribution >= 4 is 50.9 Å². The Bertz CT molecular complexity index is 955. The minimum Gasteiger partial charge on any atom is -0.483 e. The Hall–Kier alpha value is -1.76. The zero-order valence-corrected chi connectivity index (χ0v) is 21.9. The Morgan fingerprint density at radius 3 is 2.44 bits per heavy atom. The van der Waals surface area contributed by atoms with Crippen molar-refractivity contribution in [3.05, 3.63) is 62.0 Å². The van der Waals surface area contributed by atoms with E-state index in [0.29, 0.717) is 21.4 Å². The van der Waals surface area contributed by atoms with E-state index in [1.807, 2.05) is 32.0 Å². The molecule has 2 amide bonds. The molecular weight excluding hydrogens is 515 g/mol. The number of nitrogens with one attached hydrogen (secondary N) is 1. The maximum absolute atomic E-state index is 13.2. The van der Waals surface area contributed by atoms with Crippen molar-refractivity contribution in [1.29, 1.82) is 0 Å². The lowest BCUT2D eigenvalue weighted by atomic mass is 10.1. The topological polar surface area (TPSA) is 58.6 Å². The number of hydrogen-bond acceptors (Lipinski definition) is 3. The summed E-state index contributed by atoms with van der Waals surface area (Å²) >= 11 is 15.8. The molecule has 0 bridgehead atoms. The van der Waals surface area contributed by atoms with Crippen LogP contribution in [-0.2, 0) is 22.6 Å². The molecule has 8 heteroatoms. The van der Waals surface area contributed by atoms with Gasteiger partial charge in [-0.2, -0.15) is 0 Å². The standard InChI is InChI=1S/C24H29BrCl2N2O3/c1-5-15(3)28-24(31)16(4)29(13-18-8-9-19(26)12-21(18)27)23(30)14-32-22-10-7-17(6-2)11-20(22)25/h7-12,15-16H,5-6,13-14H2,1-4H3,(H,28,31)/t15-,16-/m1/s1. The first-order valence-corrected chi connectivity index (χ1v) is 12.2. The molecule has 0 spiro atoms. The number of aryl methyl sites for hydroxylation is 1. The fourth-order valence-electron chi connectivity index (χ4n) is 2.99. The number of nitrogens with zero attached hydrogens (tertiary/aromatic N) is 1. The summed E-state index contributed by atoms with van der Waals surface area (Å²) in [7, 11) is 0. The summed E-state index contributed by atoms with van der Waals surface area (Å²) in [5.41, 5.74) is 1.85. The summed E-state index contributed by atoms with van der Waals surface area (Å²) in [5.74, 6) is 0.0114. The van der Waals surface area contributed by atoms with Crippen LogP contribution < -0.4 is 10.1 Å². The third-order valence-electron chi connectivity index (χ3n) is 5.28. The van der Waals surface area contributed by atoms with E-state index in [1.54, 1.807) is 25.1 Å². The minimum atomic E-state index is -0.710. The molecule has 0 saturated heterocycles. The van der Waals surface area contributed by atoms with Gasteiger partial charge in [0, 0.05) is 22.6 Å². The van der Waals surface area contributed by atoms with Crippen LogP contribution in [0.5, 0.6) is 5.75 Å². The second-order valence-corrected chi connectivity index (χ2v) is 9.36. The van der Waals surface area contributed by atoms with Crippen LogP contribution in [0.4, 0.5) is 0 Å². The molecule has 2 rings (SSSR count). The number of halogens is 3. The molecule has 0 aliphatic rings. The molecular formula is C24H29BrCl2N2O3. The highest BCUT2D eigenvalue weighted by molar-refractivity contribution is 9.10. The van der Waals surface area contributed by atoms with Gasteiger partial charge in [0.05, 0.1) is 4.47 Å². The average Bonchev–Trinajstić information content (AvgIpc) is 2.76. The van der Waals surface area contributed by atoms with Crippen molar-refractivity contribution in [3.8, 4) is 5.75 Å². The summed E-state index contributed by atoms with van der Waals surface area (Å²) in [6, 6.07) is 10.1. The Kier molecular flexibility index (Phi) is 10.3. The smallest absolute Gasteiger partial charge is 0.261 e. The van der Waals surface area contributed by atoms with Gasteiger partial charge in [0.15, 0.2) is 6.61 Å². The SMILES string of the molecule is CCc1ccc(OCC(=O)N(Cc2ccc(Cl)cc2Cl)[C@H](C)C(=O)N[C@H](C)CC)c(Br)c1. The van der Waals surface area contributed by atoms with E-state index in [0.717, 1.165) is 22.9 Å². The highest BCUT2D eigenvalue weighted by Gasteiger charge is 2.28. The molecule has 0 aliphatic carbocycles.